The lowest BCUT2D eigenvalue weighted by Crippen LogP contribution is -2.26. The number of nitrogens with one attached hydrogen (secondary N) is 1. The van der Waals surface area contributed by atoms with E-state index in [4.69, 9.17) is 9.47 Å². The molecule has 7 nitrogen and oxygen atoms in total. The molecule has 0 aromatic heterocycles. The maximum Gasteiger partial charge on any atom is 0.338 e. The summed E-state index contributed by atoms with van der Waals surface area (Å²) in [5, 5.41) is 0. The van der Waals surface area contributed by atoms with Gasteiger partial charge in [-0.1, -0.05) is 0 Å². The highest BCUT2D eigenvalue weighted by molar-refractivity contribution is 7.89. The Morgan fingerprint density at radius 2 is 1.76 bits per heavy atom. The molecule has 154 valence electrons. The molecule has 2 aromatic rings. The standard InChI is InChI=1S/C19H17F2NO6S/c1-27-17-7-3-12(9-18(17)29(25,26)22-13-4-5-13)19(24)28-10-16(23)11-2-6-14(20)15(21)8-11/h2-3,6-9,13,22H,4-5,10H2,1H3. The van der Waals surface area contributed by atoms with Gasteiger partial charge in [-0.3, -0.25) is 4.79 Å². The molecule has 1 aliphatic carbocycles. The number of halogens is 2. The van der Waals surface area contributed by atoms with Crippen molar-refractivity contribution in [1.29, 1.82) is 0 Å². The number of methoxy groups -OCH3 is 1. The molecule has 0 amide bonds. The Hall–Kier alpha value is -2.85. The molecular weight excluding hydrogens is 408 g/mol. The topological polar surface area (TPSA) is 98.8 Å². The molecule has 1 aliphatic rings. The first kappa shape index (κ1) is 20.9. The van der Waals surface area contributed by atoms with Crippen LogP contribution in [0.2, 0.25) is 0 Å². The van der Waals surface area contributed by atoms with Gasteiger partial charge in [0.15, 0.2) is 24.0 Å². The van der Waals surface area contributed by atoms with Gasteiger partial charge in [-0.05, 0) is 49.2 Å². The predicted molar refractivity (Wildman–Crippen MR) is 97.3 cm³/mol. The van der Waals surface area contributed by atoms with E-state index in [9.17, 15) is 26.8 Å². The van der Waals surface area contributed by atoms with Gasteiger partial charge in [0.2, 0.25) is 10.0 Å². The average molecular weight is 425 g/mol. The molecule has 0 aliphatic heterocycles. The van der Waals surface area contributed by atoms with Gasteiger partial charge >= 0.3 is 5.97 Å². The van der Waals surface area contributed by atoms with Crippen molar-refractivity contribution >= 4 is 21.8 Å². The third-order valence-electron chi connectivity index (χ3n) is 4.16. The van der Waals surface area contributed by atoms with E-state index in [2.05, 4.69) is 4.72 Å². The molecule has 0 bridgehead atoms. The summed E-state index contributed by atoms with van der Waals surface area (Å²) in [6, 6.07) is 6.10. The first-order valence-electron chi connectivity index (χ1n) is 8.57. The minimum Gasteiger partial charge on any atom is -0.495 e. The molecule has 1 saturated carbocycles. The van der Waals surface area contributed by atoms with Crippen LogP contribution in [0.15, 0.2) is 41.3 Å². The van der Waals surface area contributed by atoms with Crippen molar-refractivity contribution < 1.29 is 36.3 Å². The fourth-order valence-corrected chi connectivity index (χ4v) is 3.96. The Morgan fingerprint density at radius 1 is 1.07 bits per heavy atom. The van der Waals surface area contributed by atoms with Crippen LogP contribution in [0.25, 0.3) is 0 Å². The van der Waals surface area contributed by atoms with E-state index >= 15 is 0 Å². The Balaban J connectivity index is 1.74. The summed E-state index contributed by atoms with van der Waals surface area (Å²) in [5.41, 5.74) is -0.275. The molecule has 0 unspecified atom stereocenters. The zero-order chi connectivity index (χ0) is 21.2. The molecule has 3 rings (SSSR count). The van der Waals surface area contributed by atoms with E-state index in [1.807, 2.05) is 0 Å². The molecular formula is C19H17F2NO6S. The fraction of sp³-hybridized carbons (Fsp3) is 0.263. The average Bonchev–Trinajstić information content (AvgIpc) is 3.50. The van der Waals surface area contributed by atoms with Crippen molar-refractivity contribution in [3.05, 3.63) is 59.2 Å². The molecule has 1 fully saturated rings. The number of esters is 1. The van der Waals surface area contributed by atoms with Crippen LogP contribution in [-0.4, -0.2) is 39.9 Å². The molecule has 10 heteroatoms. The summed E-state index contributed by atoms with van der Waals surface area (Å²) >= 11 is 0. The minimum atomic E-state index is -3.91. The Morgan fingerprint density at radius 3 is 2.38 bits per heavy atom. The third kappa shape index (κ3) is 4.96. The third-order valence-corrected chi connectivity index (χ3v) is 5.71. The second-order valence-electron chi connectivity index (χ2n) is 6.39. The van der Waals surface area contributed by atoms with Crippen molar-refractivity contribution in [2.45, 2.75) is 23.8 Å². The number of carbonyl (C=O) groups excluding carboxylic acids is 2. The monoisotopic (exact) mass is 425 g/mol. The highest BCUT2D eigenvalue weighted by atomic mass is 32.2. The van der Waals surface area contributed by atoms with Crippen LogP contribution in [0, 0.1) is 11.6 Å². The molecule has 29 heavy (non-hydrogen) atoms. The lowest BCUT2D eigenvalue weighted by atomic mass is 10.1. The number of hydrogen-bond acceptors (Lipinski definition) is 6. The minimum absolute atomic E-state index is 0.0487. The largest absolute Gasteiger partial charge is 0.495 e. The zero-order valence-corrected chi connectivity index (χ0v) is 16.1. The Kier molecular flexibility index (Phi) is 5.94. The molecule has 0 radical (unpaired) electrons. The summed E-state index contributed by atoms with van der Waals surface area (Å²) in [7, 11) is -2.61. The van der Waals surface area contributed by atoms with Gasteiger partial charge in [0.25, 0.3) is 0 Å². The molecule has 1 N–H and O–H groups in total. The van der Waals surface area contributed by atoms with Crippen LogP contribution < -0.4 is 9.46 Å². The molecule has 0 spiro atoms. The first-order valence-corrected chi connectivity index (χ1v) is 10.1. The number of ether oxygens (including phenoxy) is 2. The van der Waals surface area contributed by atoms with Gasteiger partial charge < -0.3 is 9.47 Å². The van der Waals surface area contributed by atoms with Crippen LogP contribution >= 0.6 is 0 Å². The van der Waals surface area contributed by atoms with Crippen molar-refractivity contribution in [2.24, 2.45) is 0 Å². The van der Waals surface area contributed by atoms with Gasteiger partial charge in [0, 0.05) is 11.6 Å². The first-order chi connectivity index (χ1) is 13.7. The van der Waals surface area contributed by atoms with E-state index < -0.39 is 40.0 Å². The van der Waals surface area contributed by atoms with E-state index in [-0.39, 0.29) is 27.8 Å². The van der Waals surface area contributed by atoms with Crippen molar-refractivity contribution in [1.82, 2.24) is 4.72 Å². The van der Waals surface area contributed by atoms with Crippen LogP contribution in [0.1, 0.15) is 33.6 Å². The fourth-order valence-electron chi connectivity index (χ4n) is 2.47. The highest BCUT2D eigenvalue weighted by Crippen LogP contribution is 2.28. The maximum absolute atomic E-state index is 13.2. The van der Waals surface area contributed by atoms with E-state index in [0.29, 0.717) is 6.07 Å². The maximum atomic E-state index is 13.2. The lowest BCUT2D eigenvalue weighted by molar-refractivity contribution is 0.0474. The zero-order valence-electron chi connectivity index (χ0n) is 15.3. The van der Waals surface area contributed by atoms with E-state index in [0.717, 1.165) is 31.0 Å². The summed E-state index contributed by atoms with van der Waals surface area (Å²) in [4.78, 5) is 24.0. The quantitative estimate of drug-likeness (QED) is 0.515. The van der Waals surface area contributed by atoms with Crippen LogP contribution in [-0.2, 0) is 14.8 Å². The summed E-state index contributed by atoms with van der Waals surface area (Å²) < 4.78 is 63.6. The Bertz CT molecular complexity index is 1070. The summed E-state index contributed by atoms with van der Waals surface area (Å²) in [5.74, 6) is -3.95. The van der Waals surface area contributed by atoms with Crippen LogP contribution in [0.4, 0.5) is 8.78 Å². The summed E-state index contributed by atoms with van der Waals surface area (Å²) in [6.45, 7) is -0.724. The van der Waals surface area contributed by atoms with Gasteiger partial charge in [0.1, 0.15) is 10.6 Å². The Labute approximate surface area is 165 Å². The van der Waals surface area contributed by atoms with Crippen molar-refractivity contribution in [3.63, 3.8) is 0 Å². The van der Waals surface area contributed by atoms with Crippen LogP contribution in [0.5, 0.6) is 5.75 Å². The molecule has 0 saturated heterocycles. The molecule has 0 atom stereocenters. The lowest BCUT2D eigenvalue weighted by Gasteiger charge is -2.12. The van der Waals surface area contributed by atoms with E-state index in [1.165, 1.54) is 19.2 Å². The highest BCUT2D eigenvalue weighted by Gasteiger charge is 2.30. The number of benzene rings is 2. The van der Waals surface area contributed by atoms with Gasteiger partial charge in [-0.2, -0.15) is 0 Å². The van der Waals surface area contributed by atoms with Crippen LogP contribution in [0.3, 0.4) is 0 Å². The smallest absolute Gasteiger partial charge is 0.338 e. The van der Waals surface area contributed by atoms with E-state index in [1.54, 1.807) is 0 Å². The number of rotatable bonds is 8. The normalized spacial score (nSPS) is 13.8. The number of carbonyl (C=O) groups is 2. The van der Waals surface area contributed by atoms with Crippen molar-refractivity contribution in [2.75, 3.05) is 13.7 Å². The van der Waals surface area contributed by atoms with Gasteiger partial charge in [-0.15, -0.1) is 0 Å². The number of ketones is 1. The van der Waals surface area contributed by atoms with Crippen molar-refractivity contribution in [3.8, 4) is 5.75 Å². The number of sulfonamides is 1. The SMILES string of the molecule is COc1ccc(C(=O)OCC(=O)c2ccc(F)c(F)c2)cc1S(=O)(=O)NC1CC1. The second-order valence-corrected chi connectivity index (χ2v) is 8.07. The van der Waals surface area contributed by atoms with Gasteiger partial charge in [-0.25, -0.2) is 26.7 Å². The predicted octanol–water partition coefficient (Wildman–Crippen LogP) is 2.45. The number of hydrogen-bond donors (Lipinski definition) is 1. The second kappa shape index (κ2) is 8.26. The molecule has 2 aromatic carbocycles. The van der Waals surface area contributed by atoms with Gasteiger partial charge in [0.05, 0.1) is 12.7 Å². The number of Topliss-reactive ketones (excluding diaryl/α,β-unsaturated/α-hetero) is 1. The molecule has 0 heterocycles. The summed E-state index contributed by atoms with van der Waals surface area (Å²) in [6.07, 6.45) is 1.46.